The van der Waals surface area contributed by atoms with Crippen LogP contribution in [0.15, 0.2) is 30.7 Å². The van der Waals surface area contributed by atoms with Crippen LogP contribution in [0.3, 0.4) is 0 Å². The van der Waals surface area contributed by atoms with E-state index < -0.39 is 0 Å². The van der Waals surface area contributed by atoms with Crippen molar-refractivity contribution >= 4 is 11.9 Å². The third-order valence-electron chi connectivity index (χ3n) is 5.83. The average molecular weight is 381 g/mol. The molecule has 5 rings (SSSR count). The molecule has 0 radical (unpaired) electrons. The highest BCUT2D eigenvalue weighted by molar-refractivity contribution is 5.94. The summed E-state index contributed by atoms with van der Waals surface area (Å²) in [4.78, 5) is 30.6. The van der Waals surface area contributed by atoms with Crippen molar-refractivity contribution in [2.45, 2.75) is 18.4 Å². The standard InChI is InChI=1S/C20H23N5O3/c26-18(15-2-1-4-21-10-15)25-5-3-20(13-25)14-28-12-16-11-22-19(23-17(16)20)24-6-8-27-9-7-24/h1-2,4,10-11H,3,5-9,12-14H2. The number of nitrogens with zero attached hydrogens (tertiary/aromatic N) is 5. The van der Waals surface area contributed by atoms with Crippen LogP contribution in [-0.2, 0) is 21.5 Å². The lowest BCUT2D eigenvalue weighted by Crippen LogP contribution is -2.43. The van der Waals surface area contributed by atoms with E-state index in [0.29, 0.717) is 45.1 Å². The molecule has 28 heavy (non-hydrogen) atoms. The van der Waals surface area contributed by atoms with E-state index in [2.05, 4.69) is 14.9 Å². The van der Waals surface area contributed by atoms with Gasteiger partial charge in [-0.1, -0.05) is 0 Å². The molecule has 0 N–H and O–H groups in total. The molecule has 8 heteroatoms. The number of anilines is 1. The molecule has 2 aromatic heterocycles. The summed E-state index contributed by atoms with van der Waals surface area (Å²) in [6, 6.07) is 3.60. The topological polar surface area (TPSA) is 80.7 Å². The number of fused-ring (bicyclic) bond motifs is 2. The van der Waals surface area contributed by atoms with Crippen molar-refractivity contribution in [2.75, 3.05) is 50.9 Å². The summed E-state index contributed by atoms with van der Waals surface area (Å²) in [6.45, 7) is 5.39. The first-order valence-corrected chi connectivity index (χ1v) is 9.71. The van der Waals surface area contributed by atoms with Crippen LogP contribution in [0.4, 0.5) is 5.95 Å². The summed E-state index contributed by atoms with van der Waals surface area (Å²) in [5, 5.41) is 0. The van der Waals surface area contributed by atoms with Gasteiger partial charge in [-0.25, -0.2) is 9.97 Å². The molecular weight excluding hydrogens is 358 g/mol. The highest BCUT2D eigenvalue weighted by Crippen LogP contribution is 2.39. The molecule has 146 valence electrons. The summed E-state index contributed by atoms with van der Waals surface area (Å²) in [5.74, 6) is 0.764. The van der Waals surface area contributed by atoms with E-state index in [1.165, 1.54) is 0 Å². The zero-order valence-electron chi connectivity index (χ0n) is 15.7. The number of hydrogen-bond acceptors (Lipinski definition) is 7. The zero-order valence-corrected chi connectivity index (χ0v) is 15.7. The Morgan fingerprint density at radius 3 is 2.86 bits per heavy atom. The summed E-state index contributed by atoms with van der Waals surface area (Å²) in [5.41, 5.74) is 2.42. The first-order chi connectivity index (χ1) is 13.8. The smallest absolute Gasteiger partial charge is 0.255 e. The van der Waals surface area contributed by atoms with Gasteiger partial charge >= 0.3 is 0 Å². The largest absolute Gasteiger partial charge is 0.378 e. The normalized spacial score (nSPS) is 24.4. The fourth-order valence-corrected chi connectivity index (χ4v) is 4.33. The Hall–Kier alpha value is -2.58. The van der Waals surface area contributed by atoms with E-state index in [1.807, 2.05) is 17.2 Å². The number of pyridine rings is 1. The number of rotatable bonds is 2. The van der Waals surface area contributed by atoms with Crippen LogP contribution in [0.2, 0.25) is 0 Å². The molecule has 2 fully saturated rings. The van der Waals surface area contributed by atoms with Gasteiger partial charge in [-0.2, -0.15) is 0 Å². The van der Waals surface area contributed by atoms with Gasteiger partial charge in [0, 0.05) is 50.3 Å². The number of morpholine rings is 1. The van der Waals surface area contributed by atoms with Crippen LogP contribution in [-0.4, -0.2) is 71.8 Å². The molecule has 1 amide bonds. The maximum Gasteiger partial charge on any atom is 0.255 e. The molecule has 1 spiro atoms. The maximum absolute atomic E-state index is 12.9. The summed E-state index contributed by atoms with van der Waals surface area (Å²) in [6.07, 6.45) is 6.03. The SMILES string of the molecule is O=C(c1cccnc1)N1CCC2(COCc3cnc(N4CCOCC4)nc32)C1. The quantitative estimate of drug-likeness (QED) is 0.768. The molecule has 0 bridgehead atoms. The number of amides is 1. The molecule has 1 unspecified atom stereocenters. The lowest BCUT2D eigenvalue weighted by Gasteiger charge is -2.35. The molecule has 1 atom stereocenters. The van der Waals surface area contributed by atoms with Crippen molar-refractivity contribution in [1.82, 2.24) is 19.9 Å². The number of likely N-dealkylation sites (tertiary alicyclic amines) is 1. The van der Waals surface area contributed by atoms with Crippen molar-refractivity contribution < 1.29 is 14.3 Å². The van der Waals surface area contributed by atoms with E-state index >= 15 is 0 Å². The molecular formula is C20H23N5O3. The lowest BCUT2D eigenvalue weighted by molar-refractivity contribution is 0.0484. The number of carbonyl (C=O) groups is 1. The van der Waals surface area contributed by atoms with Crippen LogP contribution < -0.4 is 4.90 Å². The van der Waals surface area contributed by atoms with Gasteiger partial charge in [0.25, 0.3) is 5.91 Å². The van der Waals surface area contributed by atoms with Crippen LogP contribution >= 0.6 is 0 Å². The predicted molar refractivity (Wildman–Crippen MR) is 101 cm³/mol. The third kappa shape index (κ3) is 3.02. The number of aromatic nitrogens is 3. The summed E-state index contributed by atoms with van der Waals surface area (Å²) in [7, 11) is 0. The van der Waals surface area contributed by atoms with Crippen LogP contribution in [0, 0.1) is 0 Å². The Labute approximate surface area is 163 Å². The van der Waals surface area contributed by atoms with Crippen LogP contribution in [0.25, 0.3) is 0 Å². The molecule has 0 saturated carbocycles. The Balaban J connectivity index is 1.43. The Kier molecular flexibility index (Phi) is 4.44. The molecule has 3 aliphatic heterocycles. The molecule has 2 saturated heterocycles. The van der Waals surface area contributed by atoms with E-state index in [-0.39, 0.29) is 11.3 Å². The first kappa shape index (κ1) is 17.5. The Morgan fingerprint density at radius 1 is 1.14 bits per heavy atom. The maximum atomic E-state index is 12.9. The van der Waals surface area contributed by atoms with Crippen LogP contribution in [0.5, 0.6) is 0 Å². The Morgan fingerprint density at radius 2 is 2.04 bits per heavy atom. The fourth-order valence-electron chi connectivity index (χ4n) is 4.33. The van der Waals surface area contributed by atoms with E-state index in [1.54, 1.807) is 18.5 Å². The van der Waals surface area contributed by atoms with Gasteiger partial charge in [0.05, 0.1) is 43.1 Å². The van der Waals surface area contributed by atoms with Gasteiger partial charge in [-0.15, -0.1) is 0 Å². The monoisotopic (exact) mass is 381 g/mol. The minimum Gasteiger partial charge on any atom is -0.378 e. The average Bonchev–Trinajstić information content (AvgIpc) is 3.19. The second-order valence-corrected chi connectivity index (χ2v) is 7.63. The molecule has 3 aliphatic rings. The zero-order chi connectivity index (χ0) is 19.0. The first-order valence-electron chi connectivity index (χ1n) is 9.71. The van der Waals surface area contributed by atoms with Gasteiger partial charge in [0.15, 0.2) is 0 Å². The third-order valence-corrected chi connectivity index (χ3v) is 5.83. The summed E-state index contributed by atoms with van der Waals surface area (Å²) < 4.78 is 11.3. The van der Waals surface area contributed by atoms with Gasteiger partial charge in [0.1, 0.15) is 0 Å². The highest BCUT2D eigenvalue weighted by atomic mass is 16.5. The minimum atomic E-state index is -0.268. The van der Waals surface area contributed by atoms with Gasteiger partial charge < -0.3 is 19.3 Å². The van der Waals surface area contributed by atoms with Crippen molar-refractivity contribution in [3.05, 3.63) is 47.5 Å². The van der Waals surface area contributed by atoms with Gasteiger partial charge in [-0.3, -0.25) is 9.78 Å². The van der Waals surface area contributed by atoms with Crippen molar-refractivity contribution in [1.29, 1.82) is 0 Å². The molecule has 0 aliphatic carbocycles. The number of carbonyl (C=O) groups excluding carboxylic acids is 1. The highest BCUT2D eigenvalue weighted by Gasteiger charge is 2.46. The van der Waals surface area contributed by atoms with E-state index in [0.717, 1.165) is 36.7 Å². The second-order valence-electron chi connectivity index (χ2n) is 7.63. The van der Waals surface area contributed by atoms with Crippen molar-refractivity contribution in [2.24, 2.45) is 0 Å². The van der Waals surface area contributed by atoms with Crippen molar-refractivity contribution in [3.8, 4) is 0 Å². The van der Waals surface area contributed by atoms with Gasteiger partial charge in [-0.05, 0) is 18.6 Å². The molecule has 0 aromatic carbocycles. The van der Waals surface area contributed by atoms with Gasteiger partial charge in [0.2, 0.25) is 5.95 Å². The molecule has 5 heterocycles. The van der Waals surface area contributed by atoms with E-state index in [9.17, 15) is 4.79 Å². The van der Waals surface area contributed by atoms with E-state index in [4.69, 9.17) is 14.5 Å². The molecule has 2 aromatic rings. The fraction of sp³-hybridized carbons (Fsp3) is 0.500. The second kappa shape index (κ2) is 7.10. The van der Waals surface area contributed by atoms with Crippen LogP contribution in [0.1, 0.15) is 28.0 Å². The number of ether oxygens (including phenoxy) is 2. The lowest BCUT2D eigenvalue weighted by atomic mass is 9.80. The number of hydrogen-bond donors (Lipinski definition) is 0. The summed E-state index contributed by atoms with van der Waals surface area (Å²) >= 11 is 0. The van der Waals surface area contributed by atoms with Crippen molar-refractivity contribution in [3.63, 3.8) is 0 Å². The minimum absolute atomic E-state index is 0.0135. The predicted octanol–water partition coefficient (Wildman–Crippen LogP) is 1.02. The molecule has 8 nitrogen and oxygen atoms in total. The Bertz CT molecular complexity index is 871.